The minimum Gasteiger partial charge on any atom is -0.311 e. The lowest BCUT2D eigenvalue weighted by Gasteiger charge is -2.26. The van der Waals surface area contributed by atoms with E-state index in [9.17, 15) is 0 Å². The van der Waals surface area contributed by atoms with Crippen LogP contribution in [0.5, 0.6) is 0 Å². The summed E-state index contributed by atoms with van der Waals surface area (Å²) in [7, 11) is 0. The second-order valence-corrected chi connectivity index (χ2v) is 35.7. The highest BCUT2D eigenvalue weighted by Gasteiger charge is 2.20. The average Bonchev–Trinajstić information content (AvgIpc) is 0.739. The van der Waals surface area contributed by atoms with Crippen molar-refractivity contribution in [3.05, 3.63) is 592 Å². The van der Waals surface area contributed by atoms with Crippen LogP contribution in [0.4, 0.5) is 85.3 Å². The molecule has 5 nitrogen and oxygen atoms in total. The van der Waals surface area contributed by atoms with Crippen LogP contribution in [0.15, 0.2) is 592 Å². The van der Waals surface area contributed by atoms with Crippen LogP contribution in [0.3, 0.4) is 0 Å². The Labute approximate surface area is 855 Å². The first kappa shape index (κ1) is 80.7. The third-order valence-corrected chi connectivity index (χ3v) is 24.8. The Morgan fingerprint density at radius 2 is 0.279 bits per heavy atom. The van der Waals surface area contributed by atoms with Crippen LogP contribution >= 0.6 is 79.6 Å². The molecule has 0 radical (unpaired) electrons. The molecule has 0 saturated carbocycles. The highest BCUT2D eigenvalue weighted by atomic mass is 79.9. The molecule has 0 aromatic heterocycles. The van der Waals surface area contributed by atoms with Gasteiger partial charge in [0.2, 0.25) is 0 Å². The standard InChI is InChI=1S/3C30H22BrN.2C18H14BrN/c31-27-17-19-28(20-18-27)32(29-15-7-13-25(21-29)23-9-3-1-4-10-23)30-16-8-14-26(22-30)24-11-5-2-6-12-24;31-27-12-7-13-30(22-27)32(28-18-14-25(15-19-28)23-8-3-1-4-9-23)29-20-16-26(17-21-29)24-10-5-2-6-11-24;31-27-15-21-30(22-16-27)32(28-17-11-25(12-18-28)23-7-3-1-4-8-23)29-19-13-26(14-20-29)24-9-5-2-6-10-24;2*19-15-11-13-18(14-12-15)20(16-7-3-1-4-8-16)17-9-5-2-6-10-17/h3*1-22H;2*1-14H/i;;;1D,2D,3D,4D,5D,6D,7D,8D,9D,10D;. The van der Waals surface area contributed by atoms with Crippen molar-refractivity contribution in [2.24, 2.45) is 0 Å². The lowest BCUT2D eigenvalue weighted by atomic mass is 10.0. The van der Waals surface area contributed by atoms with Gasteiger partial charge in [-0.15, -0.1) is 0 Å². The average molecular weight is 2090 g/mol. The van der Waals surface area contributed by atoms with Crippen LogP contribution in [0.25, 0.3) is 66.8 Å². The number of rotatable bonds is 21. The molecule has 21 aromatic rings. The highest BCUT2D eigenvalue weighted by molar-refractivity contribution is 9.11. The maximum atomic E-state index is 8.32. The van der Waals surface area contributed by atoms with E-state index in [0.29, 0.717) is 4.47 Å². The number of hydrogen-bond donors (Lipinski definition) is 0. The monoisotopic (exact) mass is 2080 g/mol. The zero-order valence-corrected chi connectivity index (χ0v) is 81.6. The fourth-order valence-corrected chi connectivity index (χ4v) is 17.1. The van der Waals surface area contributed by atoms with Crippen LogP contribution in [-0.4, -0.2) is 0 Å². The molecule has 21 rings (SSSR count). The molecule has 658 valence electrons. The molecule has 10 heteroatoms. The van der Waals surface area contributed by atoms with Gasteiger partial charge < -0.3 is 24.5 Å². The summed E-state index contributed by atoms with van der Waals surface area (Å²) in [6, 6.07) is 170. The van der Waals surface area contributed by atoms with Crippen molar-refractivity contribution in [3.63, 3.8) is 0 Å². The van der Waals surface area contributed by atoms with Crippen molar-refractivity contribution in [2.75, 3.05) is 24.5 Å². The molecule has 0 atom stereocenters. The third kappa shape index (κ3) is 24.7. The summed E-state index contributed by atoms with van der Waals surface area (Å²) in [5, 5.41) is 0. The molecular weight excluding hydrogens is 1980 g/mol. The third-order valence-electron chi connectivity index (χ3n) is 22.2. The molecule has 0 N–H and O–H groups in total. The highest BCUT2D eigenvalue weighted by Crippen LogP contribution is 2.44. The first-order valence-corrected chi connectivity index (χ1v) is 48.1. The number of hydrogen-bond acceptors (Lipinski definition) is 5. The van der Waals surface area contributed by atoms with Gasteiger partial charge in [0.05, 0.1) is 13.7 Å². The molecule has 0 amide bonds. The number of benzene rings is 21. The molecule has 0 aliphatic rings. The van der Waals surface area contributed by atoms with E-state index in [-0.39, 0.29) is 17.1 Å². The van der Waals surface area contributed by atoms with Gasteiger partial charge >= 0.3 is 0 Å². The zero-order chi connectivity index (χ0) is 102. The Bertz CT molecular complexity index is 7490. The van der Waals surface area contributed by atoms with Crippen molar-refractivity contribution < 1.29 is 13.7 Å². The Balaban J connectivity index is 0.000000126. The molecule has 0 heterocycles. The summed E-state index contributed by atoms with van der Waals surface area (Å²) in [5.74, 6) is 0. The van der Waals surface area contributed by atoms with Gasteiger partial charge in [0.1, 0.15) is 0 Å². The summed E-state index contributed by atoms with van der Waals surface area (Å²) in [5.41, 5.74) is 27.7. The Morgan fingerprint density at radius 3 is 0.522 bits per heavy atom. The van der Waals surface area contributed by atoms with Crippen LogP contribution in [-0.2, 0) is 0 Å². The quantitative estimate of drug-likeness (QED) is 0.0711. The van der Waals surface area contributed by atoms with Gasteiger partial charge in [-0.2, -0.15) is 0 Å². The Kier molecular flexibility index (Phi) is 27.9. The Hall–Kier alpha value is -15.0. The minimum atomic E-state index is -0.597. The predicted molar refractivity (Wildman–Crippen MR) is 597 cm³/mol. The van der Waals surface area contributed by atoms with E-state index in [0.717, 1.165) is 91.0 Å². The van der Waals surface area contributed by atoms with Gasteiger partial charge in [0, 0.05) is 108 Å². The second-order valence-electron chi connectivity index (χ2n) is 31.2. The van der Waals surface area contributed by atoms with Crippen molar-refractivity contribution in [1.29, 1.82) is 0 Å². The number of para-hydroxylation sites is 4. The van der Waals surface area contributed by atoms with E-state index in [2.05, 4.69) is 548 Å². The van der Waals surface area contributed by atoms with E-state index in [4.69, 9.17) is 13.7 Å². The fraction of sp³-hybridized carbons (Fsp3) is 0. The largest absolute Gasteiger partial charge is 0.311 e. The summed E-state index contributed by atoms with van der Waals surface area (Å²) in [6.45, 7) is 0. The first-order valence-electron chi connectivity index (χ1n) is 49.1. The summed E-state index contributed by atoms with van der Waals surface area (Å²) >= 11 is 17.5. The molecule has 0 saturated heterocycles. The zero-order valence-electron chi connectivity index (χ0n) is 83.6. The van der Waals surface area contributed by atoms with Crippen molar-refractivity contribution in [2.45, 2.75) is 0 Å². The van der Waals surface area contributed by atoms with Crippen LogP contribution < -0.4 is 24.5 Å². The van der Waals surface area contributed by atoms with Gasteiger partial charge in [0.15, 0.2) is 0 Å². The smallest absolute Gasteiger partial charge is 0.0645 e. The van der Waals surface area contributed by atoms with Crippen LogP contribution in [0, 0.1) is 0 Å². The van der Waals surface area contributed by atoms with Crippen molar-refractivity contribution in [3.8, 4) is 66.8 Å². The SMILES string of the molecule is Brc1ccc(N(c2ccc(-c3ccccc3)cc2)c2ccc(-c3ccccc3)cc2)cc1.Brc1ccc(N(c2cccc(-c3ccccc3)c2)c2cccc(-c3ccccc3)c2)cc1.Brc1ccc(N(c2ccccc2)c2ccccc2)cc1.Brc1cccc(N(c2ccc(-c3ccccc3)cc2)c2ccc(-c3ccccc3)cc2)c1.[2H]c1c([2H])c([2H])c(N(c2ccc(Br)cc2)c2c([2H])c([2H])c([2H])c([2H])c2[2H])c([2H])c1[2H]. The van der Waals surface area contributed by atoms with E-state index in [1.54, 1.807) is 24.3 Å². The van der Waals surface area contributed by atoms with Gasteiger partial charge in [-0.1, -0.05) is 413 Å². The molecule has 0 fully saturated rings. The van der Waals surface area contributed by atoms with Gasteiger partial charge in [-0.3, -0.25) is 0 Å². The summed E-state index contributed by atoms with van der Waals surface area (Å²) in [4.78, 5) is 10.2. The molecule has 0 unspecified atom stereocenters. The Morgan fingerprint density at radius 1 is 0.118 bits per heavy atom. The second kappa shape index (κ2) is 47.1. The number of anilines is 15. The minimum absolute atomic E-state index is 0.260. The lowest BCUT2D eigenvalue weighted by molar-refractivity contribution is 1.28. The van der Waals surface area contributed by atoms with E-state index >= 15 is 0 Å². The maximum absolute atomic E-state index is 8.32. The topological polar surface area (TPSA) is 16.2 Å². The van der Waals surface area contributed by atoms with Crippen LogP contribution in [0.1, 0.15) is 13.7 Å². The first-order chi connectivity index (χ1) is 71.2. The maximum Gasteiger partial charge on any atom is 0.0645 e. The lowest BCUT2D eigenvalue weighted by Crippen LogP contribution is -2.10. The van der Waals surface area contributed by atoms with E-state index in [1.807, 2.05) is 36.4 Å². The summed E-state index contributed by atoms with van der Waals surface area (Å²) < 4.78 is 85.8. The normalized spacial score (nSPS) is 11.6. The molecular formula is C126H94Br5N5. The number of nitrogens with zero attached hydrogens (tertiary/aromatic N) is 5. The number of halogens is 5. The molecule has 0 spiro atoms. The molecule has 0 aliphatic carbocycles. The predicted octanol–water partition coefficient (Wildman–Crippen LogP) is 39.6. The molecule has 136 heavy (non-hydrogen) atoms. The molecule has 0 aliphatic heterocycles. The van der Waals surface area contributed by atoms with Crippen LogP contribution in [0.2, 0.25) is 0 Å². The molecule has 21 aromatic carbocycles. The summed E-state index contributed by atoms with van der Waals surface area (Å²) in [6.07, 6.45) is 0. The van der Waals surface area contributed by atoms with Crippen molar-refractivity contribution >= 4 is 165 Å². The van der Waals surface area contributed by atoms with Gasteiger partial charge in [-0.05, 0) is 303 Å². The van der Waals surface area contributed by atoms with Gasteiger partial charge in [-0.25, -0.2) is 0 Å². The fourth-order valence-electron chi connectivity index (χ4n) is 15.6. The van der Waals surface area contributed by atoms with Crippen molar-refractivity contribution in [1.82, 2.24) is 0 Å². The van der Waals surface area contributed by atoms with E-state index < -0.39 is 60.4 Å². The molecule has 0 bridgehead atoms. The van der Waals surface area contributed by atoms with Gasteiger partial charge in [0.25, 0.3) is 0 Å². The van der Waals surface area contributed by atoms with E-state index in [1.165, 1.54) is 66.8 Å².